The van der Waals surface area contributed by atoms with Gasteiger partial charge < -0.3 is 4.57 Å². The molecule has 168 valence electrons. The van der Waals surface area contributed by atoms with Gasteiger partial charge in [0, 0.05) is 19.2 Å². The molecule has 0 aliphatic heterocycles. The van der Waals surface area contributed by atoms with Crippen molar-refractivity contribution in [2.24, 2.45) is 0 Å². The third-order valence-electron chi connectivity index (χ3n) is 6.18. The molecule has 30 heavy (non-hydrogen) atoms. The average Bonchev–Trinajstić information content (AvgIpc) is 3.10. The second-order valence-electron chi connectivity index (χ2n) is 9.11. The second-order valence-corrected chi connectivity index (χ2v) is 9.11. The van der Waals surface area contributed by atoms with E-state index in [0.717, 1.165) is 18.7 Å². The molecule has 0 aliphatic carbocycles. The van der Waals surface area contributed by atoms with Crippen LogP contribution < -0.4 is 0 Å². The van der Waals surface area contributed by atoms with Crippen LogP contribution in [0.1, 0.15) is 120 Å². The highest BCUT2D eigenvalue weighted by atomic mass is 15.1. The summed E-state index contributed by atoms with van der Waals surface area (Å²) in [6.45, 7) is 5.34. The van der Waals surface area contributed by atoms with Gasteiger partial charge in [0.05, 0.1) is 5.69 Å². The van der Waals surface area contributed by atoms with E-state index in [-0.39, 0.29) is 0 Å². The van der Waals surface area contributed by atoms with E-state index in [1.165, 1.54) is 108 Å². The van der Waals surface area contributed by atoms with E-state index in [1.54, 1.807) is 0 Å². The van der Waals surface area contributed by atoms with Gasteiger partial charge in [0.1, 0.15) is 5.82 Å². The minimum Gasteiger partial charge on any atom is -0.330 e. The van der Waals surface area contributed by atoms with E-state index < -0.39 is 0 Å². The molecule has 0 aliphatic rings. The van der Waals surface area contributed by atoms with Gasteiger partial charge >= 0.3 is 0 Å². The van der Waals surface area contributed by atoms with E-state index in [1.807, 2.05) is 0 Å². The Kier molecular flexibility index (Phi) is 13.3. The molecule has 0 fully saturated rings. The average molecular weight is 411 g/mol. The Morgan fingerprint density at radius 1 is 0.667 bits per heavy atom. The Balaban J connectivity index is 1.45. The molecule has 1 aromatic heterocycles. The third kappa shape index (κ3) is 11.0. The van der Waals surface area contributed by atoms with Gasteiger partial charge in [-0.25, -0.2) is 4.98 Å². The molecule has 0 radical (unpaired) electrons. The van der Waals surface area contributed by atoms with Gasteiger partial charge in [-0.15, -0.1) is 0 Å². The number of benzene rings is 1. The number of aryl methyl sites for hydroxylation is 2. The minimum atomic E-state index is 0.940. The summed E-state index contributed by atoms with van der Waals surface area (Å²) in [4.78, 5) is 4.77. The third-order valence-corrected chi connectivity index (χ3v) is 6.18. The van der Waals surface area contributed by atoms with Crippen LogP contribution >= 0.6 is 0 Å². The molecule has 0 atom stereocenters. The molecule has 1 aromatic carbocycles. The number of rotatable bonds is 18. The van der Waals surface area contributed by atoms with Crippen molar-refractivity contribution in [3.63, 3.8) is 0 Å². The zero-order chi connectivity index (χ0) is 21.3. The maximum Gasteiger partial charge on any atom is 0.109 e. The molecule has 2 aromatic rings. The Labute approximate surface area is 186 Å². The Bertz CT molecular complexity index is 644. The quantitative estimate of drug-likeness (QED) is 0.225. The number of imidazole rings is 1. The predicted octanol–water partition coefficient (Wildman–Crippen LogP) is 8.65. The van der Waals surface area contributed by atoms with Gasteiger partial charge in [-0.1, -0.05) is 127 Å². The smallest absolute Gasteiger partial charge is 0.109 e. The molecule has 1 heterocycles. The molecular formula is C28H46N2. The largest absolute Gasteiger partial charge is 0.330 e. The first-order valence-electron chi connectivity index (χ1n) is 12.9. The van der Waals surface area contributed by atoms with Gasteiger partial charge in [0.25, 0.3) is 0 Å². The number of hydrogen-bond acceptors (Lipinski definition) is 1. The maximum atomic E-state index is 4.77. The van der Waals surface area contributed by atoms with Crippen LogP contribution in [0.3, 0.4) is 0 Å². The topological polar surface area (TPSA) is 17.8 Å². The number of nitrogens with zero attached hydrogens (tertiary/aromatic N) is 2. The second kappa shape index (κ2) is 16.2. The van der Waals surface area contributed by atoms with Crippen LogP contribution in [0.2, 0.25) is 0 Å². The summed E-state index contributed by atoms with van der Waals surface area (Å²) < 4.78 is 2.34. The number of hydrogen-bond donors (Lipinski definition) is 0. The molecule has 0 bridgehead atoms. The lowest BCUT2D eigenvalue weighted by atomic mass is 10.0. The highest BCUT2D eigenvalue weighted by Crippen LogP contribution is 2.15. The summed E-state index contributed by atoms with van der Waals surface area (Å²) in [5.74, 6) is 1.26. The van der Waals surface area contributed by atoms with Gasteiger partial charge in [-0.2, -0.15) is 0 Å². The summed E-state index contributed by atoms with van der Waals surface area (Å²) >= 11 is 0. The van der Waals surface area contributed by atoms with Crippen LogP contribution in [-0.2, 0) is 13.0 Å². The van der Waals surface area contributed by atoms with Crippen molar-refractivity contribution < 1.29 is 0 Å². The molecule has 2 nitrogen and oxygen atoms in total. The molecular weight excluding hydrogens is 364 g/mol. The van der Waals surface area contributed by atoms with Crippen molar-refractivity contribution >= 4 is 0 Å². The van der Waals surface area contributed by atoms with Crippen LogP contribution in [0.4, 0.5) is 0 Å². The van der Waals surface area contributed by atoms with Crippen LogP contribution in [0.5, 0.6) is 0 Å². The SMILES string of the molecule is CCCCCCCCCCCCCCCCCc1nc(C)cn1Cc1ccccc1. The standard InChI is InChI=1S/C28H46N2/c1-3-4-5-6-7-8-9-10-11-12-13-14-15-16-20-23-28-29-26(2)24-30(28)25-27-21-18-17-19-22-27/h17-19,21-22,24H,3-16,20,23,25H2,1-2H3. The summed E-state index contributed by atoms with van der Waals surface area (Å²) in [6, 6.07) is 10.7. The van der Waals surface area contributed by atoms with E-state index in [2.05, 4.69) is 54.9 Å². The lowest BCUT2D eigenvalue weighted by Gasteiger charge is -2.08. The van der Waals surface area contributed by atoms with Crippen molar-refractivity contribution in [1.82, 2.24) is 9.55 Å². The summed E-state index contributed by atoms with van der Waals surface area (Å²) in [5, 5.41) is 0. The van der Waals surface area contributed by atoms with Crippen molar-refractivity contribution in [2.75, 3.05) is 0 Å². The zero-order valence-corrected chi connectivity index (χ0v) is 19.9. The first-order valence-corrected chi connectivity index (χ1v) is 12.9. The van der Waals surface area contributed by atoms with Gasteiger partial charge in [0.2, 0.25) is 0 Å². The zero-order valence-electron chi connectivity index (χ0n) is 19.9. The molecule has 0 unspecified atom stereocenters. The highest BCUT2D eigenvalue weighted by molar-refractivity contribution is 5.16. The lowest BCUT2D eigenvalue weighted by molar-refractivity contribution is 0.530. The minimum absolute atomic E-state index is 0.940. The van der Waals surface area contributed by atoms with E-state index in [0.29, 0.717) is 0 Å². The fraction of sp³-hybridized carbons (Fsp3) is 0.679. The predicted molar refractivity (Wildman–Crippen MR) is 131 cm³/mol. The summed E-state index contributed by atoms with van der Waals surface area (Å²) in [7, 11) is 0. The van der Waals surface area contributed by atoms with Crippen LogP contribution in [0.15, 0.2) is 36.5 Å². The van der Waals surface area contributed by atoms with Crippen LogP contribution in [-0.4, -0.2) is 9.55 Å². The van der Waals surface area contributed by atoms with Gasteiger partial charge in [0.15, 0.2) is 0 Å². The molecule has 0 N–H and O–H groups in total. The molecule has 0 saturated heterocycles. The van der Waals surface area contributed by atoms with E-state index in [9.17, 15) is 0 Å². The number of aromatic nitrogens is 2. The lowest BCUT2D eigenvalue weighted by Crippen LogP contribution is -2.04. The van der Waals surface area contributed by atoms with Crippen molar-refractivity contribution in [2.45, 2.75) is 123 Å². The molecule has 2 heteroatoms. The molecule has 0 saturated carbocycles. The molecule has 0 spiro atoms. The molecule has 0 amide bonds. The van der Waals surface area contributed by atoms with Crippen LogP contribution in [0.25, 0.3) is 0 Å². The molecule has 2 rings (SSSR count). The fourth-order valence-electron chi connectivity index (χ4n) is 4.37. The maximum absolute atomic E-state index is 4.77. The van der Waals surface area contributed by atoms with Crippen molar-refractivity contribution in [3.8, 4) is 0 Å². The van der Waals surface area contributed by atoms with Crippen molar-refractivity contribution in [1.29, 1.82) is 0 Å². The Morgan fingerprint density at radius 2 is 1.17 bits per heavy atom. The van der Waals surface area contributed by atoms with Crippen molar-refractivity contribution in [3.05, 3.63) is 53.6 Å². The monoisotopic (exact) mass is 410 g/mol. The fourth-order valence-corrected chi connectivity index (χ4v) is 4.37. The van der Waals surface area contributed by atoms with E-state index >= 15 is 0 Å². The first kappa shape index (κ1) is 24.7. The van der Waals surface area contributed by atoms with E-state index in [4.69, 9.17) is 4.98 Å². The Hall–Kier alpha value is -1.57. The first-order chi connectivity index (χ1) is 14.8. The Morgan fingerprint density at radius 3 is 1.70 bits per heavy atom. The van der Waals surface area contributed by atoms with Gasteiger partial charge in [-0.05, 0) is 18.9 Å². The number of unbranched alkanes of at least 4 members (excludes halogenated alkanes) is 14. The van der Waals surface area contributed by atoms with Gasteiger partial charge in [-0.3, -0.25) is 0 Å². The normalized spacial score (nSPS) is 11.3. The summed E-state index contributed by atoms with van der Waals surface area (Å²) in [6.07, 6.45) is 24.6. The van der Waals surface area contributed by atoms with Crippen LogP contribution in [0, 0.1) is 6.92 Å². The summed E-state index contributed by atoms with van der Waals surface area (Å²) in [5.41, 5.74) is 2.49. The highest BCUT2D eigenvalue weighted by Gasteiger charge is 2.06.